The number of rotatable bonds is 4. The number of halogens is 6. The van der Waals surface area contributed by atoms with Gasteiger partial charge in [0.25, 0.3) is 0 Å². The Morgan fingerprint density at radius 1 is 1.16 bits per heavy atom. The summed E-state index contributed by atoms with van der Waals surface area (Å²) in [5, 5.41) is 0. The fourth-order valence-electron chi connectivity index (χ4n) is 1.20. The Kier molecular flexibility index (Phi) is 4.48. The summed E-state index contributed by atoms with van der Waals surface area (Å²) < 4.78 is 75.2. The standard InChI is InChI=1S/C10H10F6N2O/c1-18(5-4-9(11,12)13)8-3-2-7(6-17-8)19-10(14,15)16/h2-3,6H,4-5H2,1H3. The van der Waals surface area contributed by atoms with E-state index in [1.165, 1.54) is 11.9 Å². The van der Waals surface area contributed by atoms with Gasteiger partial charge in [-0.05, 0) is 12.1 Å². The van der Waals surface area contributed by atoms with E-state index in [1.54, 1.807) is 0 Å². The lowest BCUT2D eigenvalue weighted by Crippen LogP contribution is -2.24. The van der Waals surface area contributed by atoms with Crippen LogP contribution in [-0.2, 0) is 0 Å². The number of hydrogen-bond donors (Lipinski definition) is 0. The van der Waals surface area contributed by atoms with Gasteiger partial charge in [0.15, 0.2) is 0 Å². The Morgan fingerprint density at radius 2 is 1.79 bits per heavy atom. The maximum absolute atomic E-state index is 12.0. The van der Waals surface area contributed by atoms with Crippen molar-refractivity contribution in [3.8, 4) is 5.75 Å². The minimum absolute atomic E-state index is 0.124. The number of hydrogen-bond acceptors (Lipinski definition) is 3. The molecule has 1 aromatic rings. The molecule has 0 aliphatic heterocycles. The van der Waals surface area contributed by atoms with E-state index in [4.69, 9.17) is 0 Å². The van der Waals surface area contributed by atoms with Gasteiger partial charge in [0, 0.05) is 13.6 Å². The van der Waals surface area contributed by atoms with Gasteiger partial charge in [-0.25, -0.2) is 4.98 Å². The number of ether oxygens (including phenoxy) is 1. The third-order valence-corrected chi connectivity index (χ3v) is 2.08. The molecule has 0 aliphatic rings. The summed E-state index contributed by atoms with van der Waals surface area (Å²) in [6.45, 7) is -0.337. The first-order valence-corrected chi connectivity index (χ1v) is 5.06. The van der Waals surface area contributed by atoms with Crippen LogP contribution in [0.4, 0.5) is 32.2 Å². The summed E-state index contributed by atoms with van der Waals surface area (Å²) in [6.07, 6.45) is -9.36. The molecule has 0 amide bonds. The fourth-order valence-corrected chi connectivity index (χ4v) is 1.20. The minimum Gasteiger partial charge on any atom is -0.404 e. The third kappa shape index (κ3) is 6.16. The van der Waals surface area contributed by atoms with E-state index in [0.717, 1.165) is 18.3 Å². The van der Waals surface area contributed by atoms with Gasteiger partial charge in [0.05, 0.1) is 12.6 Å². The molecule has 0 radical (unpaired) electrons. The van der Waals surface area contributed by atoms with Crippen molar-refractivity contribution in [2.75, 3.05) is 18.5 Å². The van der Waals surface area contributed by atoms with Gasteiger partial charge in [0.2, 0.25) is 0 Å². The SMILES string of the molecule is CN(CCC(F)(F)F)c1ccc(OC(F)(F)F)cn1. The van der Waals surface area contributed by atoms with Crippen LogP contribution >= 0.6 is 0 Å². The maximum atomic E-state index is 12.0. The van der Waals surface area contributed by atoms with Gasteiger partial charge < -0.3 is 9.64 Å². The lowest BCUT2D eigenvalue weighted by atomic mass is 10.3. The van der Waals surface area contributed by atoms with Crippen LogP contribution in [0.3, 0.4) is 0 Å². The second kappa shape index (κ2) is 5.54. The minimum atomic E-state index is -4.83. The fraction of sp³-hybridized carbons (Fsp3) is 0.500. The molecule has 0 bridgehead atoms. The summed E-state index contributed by atoms with van der Waals surface area (Å²) in [6, 6.07) is 2.14. The van der Waals surface area contributed by atoms with Crippen molar-refractivity contribution in [3.63, 3.8) is 0 Å². The van der Waals surface area contributed by atoms with Crippen LogP contribution in [0.5, 0.6) is 5.75 Å². The zero-order chi connectivity index (χ0) is 14.7. The van der Waals surface area contributed by atoms with Crippen LogP contribution in [0, 0.1) is 0 Å². The predicted octanol–water partition coefficient (Wildman–Crippen LogP) is 3.37. The van der Waals surface area contributed by atoms with Crippen molar-refractivity contribution in [2.24, 2.45) is 0 Å². The Hall–Kier alpha value is -1.67. The highest BCUT2D eigenvalue weighted by atomic mass is 19.4. The highest BCUT2D eigenvalue weighted by molar-refractivity contribution is 5.39. The molecule has 19 heavy (non-hydrogen) atoms. The average Bonchev–Trinajstić information content (AvgIpc) is 2.23. The first kappa shape index (κ1) is 15.4. The van der Waals surface area contributed by atoms with Crippen molar-refractivity contribution in [2.45, 2.75) is 19.0 Å². The van der Waals surface area contributed by atoms with Crippen LogP contribution in [0.1, 0.15) is 6.42 Å². The maximum Gasteiger partial charge on any atom is 0.573 e. The summed E-state index contributed by atoms with van der Waals surface area (Å²) in [5.74, 6) is -0.403. The summed E-state index contributed by atoms with van der Waals surface area (Å²) in [4.78, 5) is 4.78. The molecule has 1 heterocycles. The summed E-state index contributed by atoms with van der Waals surface area (Å²) in [5.41, 5.74) is 0. The van der Waals surface area contributed by atoms with Gasteiger partial charge in [-0.3, -0.25) is 0 Å². The Balaban J connectivity index is 2.60. The van der Waals surface area contributed by atoms with Gasteiger partial charge in [-0.2, -0.15) is 13.2 Å². The molecule has 108 valence electrons. The Labute approximate surface area is 104 Å². The average molecular weight is 288 g/mol. The molecule has 1 aromatic heterocycles. The molecule has 9 heteroatoms. The molecule has 0 unspecified atom stereocenters. The summed E-state index contributed by atoms with van der Waals surface area (Å²) in [7, 11) is 1.36. The smallest absolute Gasteiger partial charge is 0.404 e. The highest BCUT2D eigenvalue weighted by Crippen LogP contribution is 2.24. The van der Waals surface area contributed by atoms with Crippen molar-refractivity contribution < 1.29 is 31.1 Å². The molecule has 0 aromatic carbocycles. The Morgan fingerprint density at radius 3 is 2.21 bits per heavy atom. The van der Waals surface area contributed by atoms with Crippen molar-refractivity contribution in [1.29, 1.82) is 0 Å². The van der Waals surface area contributed by atoms with Gasteiger partial charge in [0.1, 0.15) is 11.6 Å². The topological polar surface area (TPSA) is 25.4 Å². The molecule has 0 fully saturated rings. The zero-order valence-electron chi connectivity index (χ0n) is 9.72. The lowest BCUT2D eigenvalue weighted by Gasteiger charge is -2.19. The van der Waals surface area contributed by atoms with Crippen LogP contribution in [-0.4, -0.2) is 31.1 Å². The Bertz CT molecular complexity index is 400. The van der Waals surface area contributed by atoms with E-state index in [0.29, 0.717) is 0 Å². The largest absolute Gasteiger partial charge is 0.573 e. The number of anilines is 1. The molecule has 0 spiro atoms. The van der Waals surface area contributed by atoms with Crippen molar-refractivity contribution in [1.82, 2.24) is 4.98 Å². The number of aromatic nitrogens is 1. The molecule has 0 saturated heterocycles. The normalized spacial score (nSPS) is 12.4. The molecule has 0 N–H and O–H groups in total. The zero-order valence-corrected chi connectivity index (χ0v) is 9.72. The van der Waals surface area contributed by atoms with E-state index in [9.17, 15) is 26.3 Å². The van der Waals surface area contributed by atoms with E-state index < -0.39 is 24.7 Å². The first-order valence-electron chi connectivity index (χ1n) is 5.06. The van der Waals surface area contributed by atoms with E-state index >= 15 is 0 Å². The van der Waals surface area contributed by atoms with E-state index in [1.807, 2.05) is 0 Å². The lowest BCUT2D eigenvalue weighted by molar-refractivity contribution is -0.274. The first-order chi connectivity index (χ1) is 8.57. The monoisotopic (exact) mass is 288 g/mol. The van der Waals surface area contributed by atoms with Gasteiger partial charge in [-0.1, -0.05) is 0 Å². The van der Waals surface area contributed by atoms with E-state index in [-0.39, 0.29) is 12.4 Å². The number of pyridine rings is 1. The number of nitrogens with zero attached hydrogens (tertiary/aromatic N) is 2. The van der Waals surface area contributed by atoms with Crippen LogP contribution in [0.15, 0.2) is 18.3 Å². The second-order valence-electron chi connectivity index (χ2n) is 3.69. The molecular weight excluding hydrogens is 278 g/mol. The van der Waals surface area contributed by atoms with Crippen LogP contribution < -0.4 is 9.64 Å². The number of alkyl halides is 6. The highest BCUT2D eigenvalue weighted by Gasteiger charge is 2.31. The van der Waals surface area contributed by atoms with E-state index in [2.05, 4.69) is 9.72 Å². The molecule has 0 atom stereocenters. The second-order valence-corrected chi connectivity index (χ2v) is 3.69. The third-order valence-electron chi connectivity index (χ3n) is 2.08. The molecule has 0 saturated carbocycles. The van der Waals surface area contributed by atoms with Crippen molar-refractivity contribution in [3.05, 3.63) is 18.3 Å². The predicted molar refractivity (Wildman–Crippen MR) is 54.9 cm³/mol. The van der Waals surface area contributed by atoms with Gasteiger partial charge >= 0.3 is 12.5 Å². The molecular formula is C10H10F6N2O. The quantitative estimate of drug-likeness (QED) is 0.794. The molecule has 3 nitrogen and oxygen atoms in total. The van der Waals surface area contributed by atoms with Gasteiger partial charge in [-0.15, -0.1) is 13.2 Å². The van der Waals surface area contributed by atoms with Crippen LogP contribution in [0.2, 0.25) is 0 Å². The molecule has 1 rings (SSSR count). The molecule has 0 aliphatic carbocycles. The van der Waals surface area contributed by atoms with Crippen LogP contribution in [0.25, 0.3) is 0 Å². The van der Waals surface area contributed by atoms with Crippen molar-refractivity contribution >= 4 is 5.82 Å². The summed E-state index contributed by atoms with van der Waals surface area (Å²) >= 11 is 0.